The zero-order valence-corrected chi connectivity index (χ0v) is 13.3. The van der Waals surface area contributed by atoms with Gasteiger partial charge in [0.05, 0.1) is 12.2 Å². The molecule has 0 unspecified atom stereocenters. The van der Waals surface area contributed by atoms with Crippen LogP contribution < -0.4 is 11.1 Å². The molecule has 3 N–H and O–H groups in total. The summed E-state index contributed by atoms with van der Waals surface area (Å²) in [6.45, 7) is 2.72. The number of hydrogen-bond acceptors (Lipinski definition) is 4. The van der Waals surface area contributed by atoms with Gasteiger partial charge in [-0.1, -0.05) is 28.1 Å². The summed E-state index contributed by atoms with van der Waals surface area (Å²) in [4.78, 5) is 11.9. The molecule has 0 spiro atoms. The van der Waals surface area contributed by atoms with E-state index in [0.717, 1.165) is 10.0 Å². The number of esters is 1. The Kier molecular flexibility index (Phi) is 5.22. The number of hydrogen-bond donors (Lipinski definition) is 2. The average Bonchev–Trinajstić information content (AvgIpc) is 2.48. The van der Waals surface area contributed by atoms with E-state index < -0.39 is 0 Å². The lowest BCUT2D eigenvalue weighted by Crippen LogP contribution is -2.10. The summed E-state index contributed by atoms with van der Waals surface area (Å²) in [5.74, 6) is -0.372. The fourth-order valence-electron chi connectivity index (χ4n) is 1.89. The van der Waals surface area contributed by atoms with Gasteiger partial charge in [-0.25, -0.2) is 4.79 Å². The first-order valence-electron chi connectivity index (χ1n) is 6.65. The van der Waals surface area contributed by atoms with Gasteiger partial charge in [-0.2, -0.15) is 0 Å². The van der Waals surface area contributed by atoms with E-state index >= 15 is 0 Å². The Morgan fingerprint density at radius 2 is 1.95 bits per heavy atom. The van der Waals surface area contributed by atoms with Crippen LogP contribution in [0.15, 0.2) is 46.9 Å². The minimum absolute atomic E-state index is 0.333. The molecular weight excluding hydrogens is 332 g/mol. The number of carbonyl (C=O) groups is 1. The predicted octanol–water partition coefficient (Wildman–Crippen LogP) is 3.82. The van der Waals surface area contributed by atoms with Crippen molar-refractivity contribution < 1.29 is 9.53 Å². The number of nitrogens with one attached hydrogen (secondary N) is 1. The summed E-state index contributed by atoms with van der Waals surface area (Å²) in [6.07, 6.45) is 0. The zero-order chi connectivity index (χ0) is 15.2. The number of benzene rings is 2. The van der Waals surface area contributed by atoms with Crippen LogP contribution in [0, 0.1) is 0 Å². The molecule has 0 heterocycles. The second kappa shape index (κ2) is 7.13. The van der Waals surface area contributed by atoms with Gasteiger partial charge in [0.1, 0.15) is 0 Å². The van der Waals surface area contributed by atoms with Crippen molar-refractivity contribution in [2.75, 3.05) is 17.7 Å². The van der Waals surface area contributed by atoms with Crippen LogP contribution >= 0.6 is 15.9 Å². The first-order chi connectivity index (χ1) is 10.1. The molecule has 0 aromatic heterocycles. The van der Waals surface area contributed by atoms with E-state index in [1.807, 2.05) is 24.3 Å². The summed E-state index contributed by atoms with van der Waals surface area (Å²) in [7, 11) is 0. The molecule has 0 saturated carbocycles. The van der Waals surface area contributed by atoms with Gasteiger partial charge >= 0.3 is 5.97 Å². The van der Waals surface area contributed by atoms with E-state index in [2.05, 4.69) is 21.2 Å². The van der Waals surface area contributed by atoms with Crippen molar-refractivity contribution in [2.45, 2.75) is 13.5 Å². The van der Waals surface area contributed by atoms with Gasteiger partial charge in [0.25, 0.3) is 0 Å². The van der Waals surface area contributed by atoms with Crippen LogP contribution in [-0.4, -0.2) is 12.6 Å². The lowest BCUT2D eigenvalue weighted by molar-refractivity contribution is 0.0527. The molecule has 21 heavy (non-hydrogen) atoms. The van der Waals surface area contributed by atoms with Crippen LogP contribution in [0.2, 0.25) is 0 Å². The number of halogens is 1. The van der Waals surface area contributed by atoms with Crippen molar-refractivity contribution in [3.8, 4) is 0 Å². The van der Waals surface area contributed by atoms with Crippen LogP contribution in [-0.2, 0) is 11.3 Å². The second-order valence-corrected chi connectivity index (χ2v) is 5.42. The number of rotatable bonds is 5. The van der Waals surface area contributed by atoms with E-state index in [4.69, 9.17) is 10.5 Å². The van der Waals surface area contributed by atoms with Gasteiger partial charge in [0.15, 0.2) is 0 Å². The maximum atomic E-state index is 11.9. The van der Waals surface area contributed by atoms with Crippen molar-refractivity contribution in [2.24, 2.45) is 0 Å². The Hall–Kier alpha value is -2.01. The lowest BCUT2D eigenvalue weighted by atomic mass is 10.1. The topological polar surface area (TPSA) is 64.3 Å². The van der Waals surface area contributed by atoms with Gasteiger partial charge in [0.2, 0.25) is 0 Å². The molecule has 0 bridgehead atoms. The summed E-state index contributed by atoms with van der Waals surface area (Å²) in [6, 6.07) is 13.2. The van der Waals surface area contributed by atoms with Crippen molar-refractivity contribution in [3.05, 3.63) is 58.1 Å². The minimum atomic E-state index is -0.372. The Labute approximate surface area is 132 Å². The molecule has 0 aliphatic carbocycles. The van der Waals surface area contributed by atoms with Crippen LogP contribution in [0.25, 0.3) is 0 Å². The molecule has 2 aromatic carbocycles. The quantitative estimate of drug-likeness (QED) is 0.636. The van der Waals surface area contributed by atoms with Crippen molar-refractivity contribution in [1.82, 2.24) is 0 Å². The van der Waals surface area contributed by atoms with Gasteiger partial charge in [0, 0.05) is 22.4 Å². The van der Waals surface area contributed by atoms with Crippen molar-refractivity contribution >= 4 is 33.3 Å². The molecule has 0 saturated heterocycles. The third kappa shape index (κ3) is 4.23. The molecule has 0 fully saturated rings. The molecule has 0 atom stereocenters. The molecule has 2 rings (SSSR count). The SMILES string of the molecule is CCOC(=O)c1cc(N)ccc1NCc1ccc(Br)cc1. The van der Waals surface area contributed by atoms with Crippen LogP contribution in [0.4, 0.5) is 11.4 Å². The highest BCUT2D eigenvalue weighted by Gasteiger charge is 2.12. The number of nitrogen functional groups attached to an aromatic ring is 1. The van der Waals surface area contributed by atoms with Gasteiger partial charge in [-0.15, -0.1) is 0 Å². The highest BCUT2D eigenvalue weighted by atomic mass is 79.9. The smallest absolute Gasteiger partial charge is 0.340 e. The lowest BCUT2D eigenvalue weighted by Gasteiger charge is -2.12. The third-order valence-corrected chi connectivity index (χ3v) is 3.46. The van der Waals surface area contributed by atoms with Gasteiger partial charge in [-0.3, -0.25) is 0 Å². The molecule has 0 radical (unpaired) electrons. The molecule has 0 aliphatic rings. The second-order valence-electron chi connectivity index (χ2n) is 4.51. The minimum Gasteiger partial charge on any atom is -0.462 e. The average molecular weight is 349 g/mol. The molecule has 0 amide bonds. The number of anilines is 2. The Morgan fingerprint density at radius 3 is 2.62 bits per heavy atom. The predicted molar refractivity (Wildman–Crippen MR) is 88.3 cm³/mol. The van der Waals surface area contributed by atoms with Crippen LogP contribution in [0.1, 0.15) is 22.8 Å². The summed E-state index contributed by atoms with van der Waals surface area (Å²) in [5.41, 5.74) is 8.56. The summed E-state index contributed by atoms with van der Waals surface area (Å²) < 4.78 is 6.08. The molecule has 4 nitrogen and oxygen atoms in total. The number of carbonyl (C=O) groups excluding carboxylic acids is 1. The highest BCUT2D eigenvalue weighted by Crippen LogP contribution is 2.21. The standard InChI is InChI=1S/C16H17BrN2O2/c1-2-21-16(20)14-9-13(18)7-8-15(14)19-10-11-3-5-12(17)6-4-11/h3-9,19H,2,10,18H2,1H3. The maximum Gasteiger partial charge on any atom is 0.340 e. The normalized spacial score (nSPS) is 10.2. The third-order valence-electron chi connectivity index (χ3n) is 2.94. The van der Waals surface area contributed by atoms with E-state index in [1.54, 1.807) is 25.1 Å². The first kappa shape index (κ1) is 15.4. The maximum absolute atomic E-state index is 11.9. The van der Waals surface area contributed by atoms with Gasteiger partial charge in [-0.05, 0) is 42.8 Å². The fourth-order valence-corrected chi connectivity index (χ4v) is 2.16. The monoisotopic (exact) mass is 348 g/mol. The fraction of sp³-hybridized carbons (Fsp3) is 0.188. The van der Waals surface area contributed by atoms with Crippen molar-refractivity contribution in [3.63, 3.8) is 0 Å². The molecule has 0 aliphatic heterocycles. The van der Waals surface area contributed by atoms with Crippen molar-refractivity contribution in [1.29, 1.82) is 0 Å². The highest BCUT2D eigenvalue weighted by molar-refractivity contribution is 9.10. The van der Waals surface area contributed by atoms with E-state index in [1.165, 1.54) is 0 Å². The first-order valence-corrected chi connectivity index (χ1v) is 7.44. The van der Waals surface area contributed by atoms with Gasteiger partial charge < -0.3 is 15.8 Å². The molecule has 5 heteroatoms. The largest absolute Gasteiger partial charge is 0.462 e. The number of ether oxygens (including phenoxy) is 1. The Morgan fingerprint density at radius 1 is 1.24 bits per heavy atom. The van der Waals surface area contributed by atoms with Crippen LogP contribution in [0.3, 0.4) is 0 Å². The molecule has 2 aromatic rings. The summed E-state index contributed by atoms with van der Waals surface area (Å²) in [5, 5.41) is 3.24. The summed E-state index contributed by atoms with van der Waals surface area (Å²) >= 11 is 3.40. The molecular formula is C16H17BrN2O2. The molecule has 110 valence electrons. The Balaban J connectivity index is 2.15. The Bertz CT molecular complexity index is 627. The van der Waals surface area contributed by atoms with E-state index in [-0.39, 0.29) is 5.97 Å². The van der Waals surface area contributed by atoms with E-state index in [9.17, 15) is 4.79 Å². The number of nitrogens with two attached hydrogens (primary N) is 1. The van der Waals surface area contributed by atoms with E-state index in [0.29, 0.717) is 30.1 Å². The van der Waals surface area contributed by atoms with Crippen LogP contribution in [0.5, 0.6) is 0 Å². The zero-order valence-electron chi connectivity index (χ0n) is 11.7.